The molecule has 0 aliphatic heterocycles. The average Bonchev–Trinajstić information content (AvgIpc) is 3.60. The van der Waals surface area contributed by atoms with Gasteiger partial charge in [-0.3, -0.25) is 0 Å². The van der Waals surface area contributed by atoms with Gasteiger partial charge in [-0.25, -0.2) is 14.6 Å². The molecule has 0 N–H and O–H groups in total. The van der Waals surface area contributed by atoms with Gasteiger partial charge in [0.2, 0.25) is 0 Å². The fourth-order valence-corrected chi connectivity index (χ4v) is 6.66. The Bertz CT molecular complexity index is 2500. The van der Waals surface area contributed by atoms with Crippen molar-refractivity contribution in [1.29, 1.82) is 0 Å². The number of hydrogen-bond donors (Lipinski definition) is 0. The molecule has 9 aromatic rings. The summed E-state index contributed by atoms with van der Waals surface area (Å²) in [5.74, 6) is 0.680. The van der Waals surface area contributed by atoms with Gasteiger partial charge >= 0.3 is 0 Å². The fourth-order valence-electron chi connectivity index (χ4n) is 6.66. The van der Waals surface area contributed by atoms with Crippen molar-refractivity contribution in [3.05, 3.63) is 182 Å². The minimum Gasteiger partial charge on any atom is -0.232 e. The summed E-state index contributed by atoms with van der Waals surface area (Å²) >= 11 is 0. The topological polar surface area (TPSA) is 43.6 Å². The van der Waals surface area contributed by atoms with Gasteiger partial charge in [0.1, 0.15) is 5.69 Å². The smallest absolute Gasteiger partial charge is 0.160 e. The number of aromatic nitrogens is 4. The molecule has 0 amide bonds. The van der Waals surface area contributed by atoms with Crippen LogP contribution in [0, 0.1) is 0 Å². The molecule has 0 spiro atoms. The van der Waals surface area contributed by atoms with E-state index in [0.717, 1.165) is 72.4 Å². The molecule has 0 radical (unpaired) electrons. The molecule has 230 valence electrons. The number of fused-ring (bicyclic) bond motifs is 3. The molecule has 2 heterocycles. The highest BCUT2D eigenvalue weighted by molar-refractivity contribution is 6.17. The molecule has 0 saturated carbocycles. The van der Waals surface area contributed by atoms with Crippen LogP contribution in [0.4, 0.5) is 0 Å². The maximum atomic E-state index is 5.36. The first-order valence-electron chi connectivity index (χ1n) is 16.5. The zero-order chi connectivity index (χ0) is 32.6. The van der Waals surface area contributed by atoms with Crippen molar-refractivity contribution in [2.75, 3.05) is 0 Å². The van der Waals surface area contributed by atoms with Crippen molar-refractivity contribution in [3.8, 4) is 62.0 Å². The van der Waals surface area contributed by atoms with Gasteiger partial charge < -0.3 is 0 Å². The van der Waals surface area contributed by atoms with Gasteiger partial charge in [-0.1, -0.05) is 146 Å². The Balaban J connectivity index is 1.24. The lowest BCUT2D eigenvalue weighted by atomic mass is 9.94. The quantitative estimate of drug-likeness (QED) is 0.184. The summed E-state index contributed by atoms with van der Waals surface area (Å²) in [5, 5.41) is 8.82. The monoisotopic (exact) mass is 626 g/mol. The van der Waals surface area contributed by atoms with E-state index in [4.69, 9.17) is 15.1 Å². The maximum Gasteiger partial charge on any atom is 0.160 e. The van der Waals surface area contributed by atoms with E-state index in [9.17, 15) is 0 Å². The van der Waals surface area contributed by atoms with E-state index in [-0.39, 0.29) is 0 Å². The highest BCUT2D eigenvalue weighted by Crippen LogP contribution is 2.41. The second kappa shape index (κ2) is 12.2. The Morgan fingerprint density at radius 1 is 0.408 bits per heavy atom. The predicted molar refractivity (Wildman–Crippen MR) is 201 cm³/mol. The molecule has 0 unspecified atom stereocenters. The SMILES string of the molecule is c1ccc(-c2cc(-c3ccccc3)nc(-c3ccc(-n4nc(-c5ccccc5)c5c(-c6ccccc6)cc6ccccc6c54)cc3)n2)cc1. The van der Waals surface area contributed by atoms with Crippen molar-refractivity contribution < 1.29 is 0 Å². The predicted octanol–water partition coefficient (Wildman–Crippen LogP) is 11.3. The number of benzene rings is 7. The van der Waals surface area contributed by atoms with Gasteiger partial charge in [0.25, 0.3) is 0 Å². The van der Waals surface area contributed by atoms with Gasteiger partial charge in [-0.2, -0.15) is 5.10 Å². The van der Waals surface area contributed by atoms with Crippen molar-refractivity contribution >= 4 is 21.7 Å². The Morgan fingerprint density at radius 3 is 1.51 bits per heavy atom. The fraction of sp³-hybridized carbons (Fsp3) is 0. The molecular weight excluding hydrogens is 597 g/mol. The van der Waals surface area contributed by atoms with E-state index in [1.54, 1.807) is 0 Å². The lowest BCUT2D eigenvalue weighted by Crippen LogP contribution is -1.99. The molecule has 0 aliphatic carbocycles. The summed E-state index contributed by atoms with van der Waals surface area (Å²) in [7, 11) is 0. The normalized spacial score (nSPS) is 11.3. The van der Waals surface area contributed by atoms with Gasteiger partial charge in [0, 0.05) is 33.0 Å². The number of nitrogens with zero attached hydrogens (tertiary/aromatic N) is 4. The van der Waals surface area contributed by atoms with Crippen molar-refractivity contribution in [3.63, 3.8) is 0 Å². The molecular formula is C45H30N4. The standard InChI is InChI=1S/C45H30N4/c1-5-15-31(16-6-1)39-29-36-23-13-14-24-38(36)44-42(39)43(34-21-11-4-12-22-34)48-49(44)37-27-25-35(26-28-37)45-46-40(32-17-7-2-8-18-32)30-41(47-45)33-19-9-3-10-20-33/h1-30H. The summed E-state index contributed by atoms with van der Waals surface area (Å²) in [6, 6.07) is 63.1. The molecule has 0 fully saturated rings. The van der Waals surface area contributed by atoms with Gasteiger partial charge in [-0.15, -0.1) is 0 Å². The van der Waals surface area contributed by atoms with Crippen LogP contribution in [0.5, 0.6) is 0 Å². The van der Waals surface area contributed by atoms with Crippen LogP contribution in [0.15, 0.2) is 182 Å². The van der Waals surface area contributed by atoms with Gasteiger partial charge in [-0.05, 0) is 52.9 Å². The first-order valence-corrected chi connectivity index (χ1v) is 16.5. The lowest BCUT2D eigenvalue weighted by molar-refractivity contribution is 0.918. The Hall–Kier alpha value is -6.65. The second-order valence-electron chi connectivity index (χ2n) is 12.1. The van der Waals surface area contributed by atoms with E-state index in [0.29, 0.717) is 5.82 Å². The summed E-state index contributed by atoms with van der Waals surface area (Å²) in [6.07, 6.45) is 0. The number of rotatable bonds is 6. The zero-order valence-electron chi connectivity index (χ0n) is 26.6. The van der Waals surface area contributed by atoms with Crippen LogP contribution in [0.1, 0.15) is 0 Å². The first-order chi connectivity index (χ1) is 24.3. The van der Waals surface area contributed by atoms with E-state index in [1.165, 1.54) is 5.39 Å². The van der Waals surface area contributed by atoms with Crippen LogP contribution in [-0.2, 0) is 0 Å². The molecule has 4 heteroatoms. The molecule has 7 aromatic carbocycles. The molecule has 49 heavy (non-hydrogen) atoms. The molecule has 0 atom stereocenters. The van der Waals surface area contributed by atoms with Crippen molar-refractivity contribution in [2.45, 2.75) is 0 Å². The molecule has 9 rings (SSSR count). The van der Waals surface area contributed by atoms with E-state index >= 15 is 0 Å². The number of hydrogen-bond acceptors (Lipinski definition) is 3. The van der Waals surface area contributed by atoms with E-state index in [1.807, 2.05) is 42.5 Å². The Labute approximate surface area is 284 Å². The highest BCUT2D eigenvalue weighted by atomic mass is 15.3. The molecule has 0 bridgehead atoms. The molecule has 0 saturated heterocycles. The molecule has 0 aliphatic rings. The first kappa shape index (κ1) is 28.6. The minimum absolute atomic E-state index is 0.680. The third kappa shape index (κ3) is 5.26. The largest absolute Gasteiger partial charge is 0.232 e. The lowest BCUT2D eigenvalue weighted by Gasteiger charge is -2.12. The Morgan fingerprint density at radius 2 is 0.918 bits per heavy atom. The summed E-state index contributed by atoms with van der Waals surface area (Å²) < 4.78 is 2.10. The summed E-state index contributed by atoms with van der Waals surface area (Å²) in [4.78, 5) is 10.1. The molecule has 2 aromatic heterocycles. The van der Waals surface area contributed by atoms with Crippen LogP contribution < -0.4 is 0 Å². The van der Waals surface area contributed by atoms with Crippen LogP contribution >= 0.6 is 0 Å². The Kier molecular flexibility index (Phi) is 7.10. The van der Waals surface area contributed by atoms with Crippen LogP contribution in [0.25, 0.3) is 83.6 Å². The van der Waals surface area contributed by atoms with Gasteiger partial charge in [0.05, 0.1) is 22.6 Å². The minimum atomic E-state index is 0.680. The second-order valence-corrected chi connectivity index (χ2v) is 12.1. The van der Waals surface area contributed by atoms with E-state index < -0.39 is 0 Å². The van der Waals surface area contributed by atoms with Crippen LogP contribution in [0.2, 0.25) is 0 Å². The van der Waals surface area contributed by atoms with Crippen LogP contribution in [-0.4, -0.2) is 19.7 Å². The van der Waals surface area contributed by atoms with E-state index in [2.05, 4.69) is 144 Å². The summed E-state index contributed by atoms with van der Waals surface area (Å²) in [6.45, 7) is 0. The third-order valence-corrected chi connectivity index (χ3v) is 9.04. The summed E-state index contributed by atoms with van der Waals surface area (Å²) in [5.41, 5.74) is 11.2. The average molecular weight is 627 g/mol. The van der Waals surface area contributed by atoms with Crippen molar-refractivity contribution in [1.82, 2.24) is 19.7 Å². The third-order valence-electron chi connectivity index (χ3n) is 9.04. The highest BCUT2D eigenvalue weighted by Gasteiger charge is 2.21. The van der Waals surface area contributed by atoms with Gasteiger partial charge in [0.15, 0.2) is 5.82 Å². The van der Waals surface area contributed by atoms with Crippen LogP contribution in [0.3, 0.4) is 0 Å². The maximum absolute atomic E-state index is 5.36. The van der Waals surface area contributed by atoms with Crippen molar-refractivity contribution in [2.24, 2.45) is 0 Å². The molecule has 4 nitrogen and oxygen atoms in total. The zero-order valence-corrected chi connectivity index (χ0v) is 26.6.